The number of hydrogen-bond acceptors (Lipinski definition) is 5. The maximum atomic E-state index is 12.6. The summed E-state index contributed by atoms with van der Waals surface area (Å²) in [6.07, 6.45) is -0.173. The number of ether oxygens (including phenoxy) is 1. The van der Waals surface area contributed by atoms with Crippen LogP contribution < -0.4 is 0 Å². The van der Waals surface area contributed by atoms with E-state index in [1.54, 1.807) is 13.0 Å². The molecule has 146 valence electrons. The summed E-state index contributed by atoms with van der Waals surface area (Å²) in [7, 11) is 0. The van der Waals surface area contributed by atoms with Crippen LogP contribution >= 0.6 is 15.9 Å². The molecule has 2 aromatic carbocycles. The molecule has 0 fully saturated rings. The summed E-state index contributed by atoms with van der Waals surface area (Å²) in [6.45, 7) is 1.95. The summed E-state index contributed by atoms with van der Waals surface area (Å²) in [6, 6.07) is 14.9. The van der Waals surface area contributed by atoms with Crippen LogP contribution in [0.4, 0.5) is 0 Å². The van der Waals surface area contributed by atoms with E-state index in [1.165, 1.54) is 0 Å². The third-order valence-corrected chi connectivity index (χ3v) is 4.97. The maximum absolute atomic E-state index is 12.6. The van der Waals surface area contributed by atoms with Gasteiger partial charge in [-0.05, 0) is 41.1 Å². The Balaban J connectivity index is 2.00. The Bertz CT molecular complexity index is 1130. The zero-order valence-electron chi connectivity index (χ0n) is 15.7. The molecule has 0 aliphatic carbocycles. The highest BCUT2D eigenvalue weighted by molar-refractivity contribution is 9.10. The summed E-state index contributed by atoms with van der Waals surface area (Å²) in [5, 5.41) is 11.1. The second-order valence-corrected chi connectivity index (χ2v) is 6.96. The molecule has 0 aliphatic heterocycles. The van der Waals surface area contributed by atoms with Gasteiger partial charge in [0.15, 0.2) is 11.5 Å². The number of ketones is 1. The molecule has 0 atom stereocenters. The Kier molecular flexibility index (Phi) is 6.63. The molecule has 3 aromatic rings. The minimum absolute atomic E-state index is 0.0705. The van der Waals surface area contributed by atoms with Crippen LogP contribution in [0.25, 0.3) is 10.9 Å². The first kappa shape index (κ1) is 20.6. The zero-order valence-corrected chi connectivity index (χ0v) is 17.3. The van der Waals surface area contributed by atoms with Crippen LogP contribution in [0.1, 0.15) is 41.4 Å². The van der Waals surface area contributed by atoms with Crippen molar-refractivity contribution in [2.24, 2.45) is 0 Å². The van der Waals surface area contributed by atoms with E-state index in [4.69, 9.17) is 4.74 Å². The highest BCUT2D eigenvalue weighted by Gasteiger charge is 2.20. The number of Topliss-reactive ketones (excluding diaryl/α,β-unsaturated/α-hetero) is 1. The molecule has 0 spiro atoms. The highest BCUT2D eigenvalue weighted by atomic mass is 79.9. The van der Waals surface area contributed by atoms with Gasteiger partial charge in [0.25, 0.3) is 0 Å². The van der Waals surface area contributed by atoms with E-state index in [1.807, 2.05) is 42.5 Å². The van der Waals surface area contributed by atoms with Gasteiger partial charge in [0, 0.05) is 17.4 Å². The van der Waals surface area contributed by atoms with E-state index in [2.05, 4.69) is 32.8 Å². The molecule has 0 aliphatic rings. The van der Waals surface area contributed by atoms with Crippen LogP contribution in [0.15, 0.2) is 53.0 Å². The number of fused-ring (bicyclic) bond motifs is 1. The van der Waals surface area contributed by atoms with Crippen LogP contribution in [0.2, 0.25) is 0 Å². The first-order valence-corrected chi connectivity index (χ1v) is 9.87. The summed E-state index contributed by atoms with van der Waals surface area (Å²) in [5.74, 6) is 5.00. The van der Waals surface area contributed by atoms with Gasteiger partial charge in [0.1, 0.15) is 5.69 Å². The van der Waals surface area contributed by atoms with Crippen molar-refractivity contribution in [1.29, 1.82) is 0 Å². The van der Waals surface area contributed by atoms with Crippen molar-refractivity contribution in [3.8, 4) is 17.6 Å². The number of hydrogen-bond donors (Lipinski definition) is 1. The SMILES string of the molecule is CCOC(=O)CCC(=O)c1nc2c(C#Cc3ccccc3)cccc2c(Br)c1O. The van der Waals surface area contributed by atoms with Crippen LogP contribution in [0, 0.1) is 11.8 Å². The average Bonchev–Trinajstić information content (AvgIpc) is 2.74. The Morgan fingerprint density at radius 3 is 2.55 bits per heavy atom. The molecule has 0 saturated heterocycles. The van der Waals surface area contributed by atoms with E-state index in [0.717, 1.165) is 5.56 Å². The topological polar surface area (TPSA) is 76.5 Å². The van der Waals surface area contributed by atoms with Crippen LogP contribution in [0.3, 0.4) is 0 Å². The number of nitrogens with zero attached hydrogens (tertiary/aromatic N) is 1. The molecule has 5 nitrogen and oxygen atoms in total. The third kappa shape index (κ3) is 4.82. The fourth-order valence-corrected chi connectivity index (χ4v) is 3.27. The van der Waals surface area contributed by atoms with Crippen molar-refractivity contribution in [3.05, 3.63) is 69.8 Å². The Morgan fingerprint density at radius 2 is 1.83 bits per heavy atom. The fraction of sp³-hybridized carbons (Fsp3) is 0.174. The van der Waals surface area contributed by atoms with Gasteiger partial charge in [0.2, 0.25) is 0 Å². The van der Waals surface area contributed by atoms with Crippen LogP contribution in [0.5, 0.6) is 5.75 Å². The van der Waals surface area contributed by atoms with E-state index in [9.17, 15) is 14.7 Å². The predicted octanol–water partition coefficient (Wildman–Crippen LogP) is 4.63. The number of carbonyl (C=O) groups excluding carboxylic acids is 2. The minimum Gasteiger partial charge on any atom is -0.504 e. The van der Waals surface area contributed by atoms with Crippen molar-refractivity contribution < 1.29 is 19.4 Å². The molecule has 1 N–H and O–H groups in total. The van der Waals surface area contributed by atoms with Gasteiger partial charge in [-0.1, -0.05) is 42.2 Å². The molecule has 0 radical (unpaired) electrons. The quantitative estimate of drug-likeness (QED) is 0.347. The lowest BCUT2D eigenvalue weighted by molar-refractivity contribution is -0.143. The molecular formula is C23H18BrNO4. The lowest BCUT2D eigenvalue weighted by Crippen LogP contribution is -2.10. The minimum atomic E-state index is -0.463. The van der Waals surface area contributed by atoms with Crippen LogP contribution in [-0.2, 0) is 9.53 Å². The molecule has 0 unspecified atom stereocenters. The van der Waals surface area contributed by atoms with Crippen molar-refractivity contribution in [3.63, 3.8) is 0 Å². The summed E-state index contributed by atoms with van der Waals surface area (Å²) in [5.41, 5.74) is 1.89. The van der Waals surface area contributed by atoms with E-state index < -0.39 is 11.8 Å². The van der Waals surface area contributed by atoms with E-state index in [-0.39, 0.29) is 30.9 Å². The number of aromatic hydroxyl groups is 1. The van der Waals surface area contributed by atoms with E-state index in [0.29, 0.717) is 20.9 Å². The molecule has 6 heteroatoms. The lowest BCUT2D eigenvalue weighted by Gasteiger charge is -2.09. The number of carbonyl (C=O) groups is 2. The Morgan fingerprint density at radius 1 is 1.07 bits per heavy atom. The number of aromatic nitrogens is 1. The molecular weight excluding hydrogens is 434 g/mol. The summed E-state index contributed by atoms with van der Waals surface area (Å²) >= 11 is 3.35. The summed E-state index contributed by atoms with van der Waals surface area (Å²) in [4.78, 5) is 28.5. The van der Waals surface area contributed by atoms with Crippen molar-refractivity contribution in [2.45, 2.75) is 19.8 Å². The second-order valence-electron chi connectivity index (χ2n) is 6.17. The van der Waals surface area contributed by atoms with Gasteiger partial charge in [0.05, 0.1) is 28.6 Å². The second kappa shape index (κ2) is 9.35. The molecule has 0 saturated carbocycles. The Hall–Kier alpha value is -3.17. The smallest absolute Gasteiger partial charge is 0.306 e. The molecule has 29 heavy (non-hydrogen) atoms. The van der Waals surface area contributed by atoms with Crippen molar-refractivity contribution in [2.75, 3.05) is 6.61 Å². The lowest BCUT2D eigenvalue weighted by atomic mass is 10.1. The van der Waals surface area contributed by atoms with Crippen LogP contribution in [-0.4, -0.2) is 28.4 Å². The number of pyridine rings is 1. The van der Waals surface area contributed by atoms with Crippen molar-refractivity contribution >= 4 is 38.6 Å². The largest absolute Gasteiger partial charge is 0.504 e. The number of halogens is 1. The number of para-hydroxylation sites is 1. The highest BCUT2D eigenvalue weighted by Crippen LogP contribution is 2.35. The number of esters is 1. The molecule has 3 rings (SSSR count). The first-order valence-electron chi connectivity index (χ1n) is 9.08. The zero-order chi connectivity index (χ0) is 20.8. The maximum Gasteiger partial charge on any atom is 0.306 e. The molecule has 1 heterocycles. The molecule has 1 aromatic heterocycles. The average molecular weight is 452 g/mol. The van der Waals surface area contributed by atoms with Gasteiger partial charge >= 0.3 is 5.97 Å². The van der Waals surface area contributed by atoms with Gasteiger partial charge in [-0.2, -0.15) is 0 Å². The van der Waals surface area contributed by atoms with Crippen molar-refractivity contribution in [1.82, 2.24) is 4.98 Å². The first-order chi connectivity index (χ1) is 14.0. The van der Waals surface area contributed by atoms with E-state index >= 15 is 0 Å². The van der Waals surface area contributed by atoms with Gasteiger partial charge in [-0.25, -0.2) is 4.98 Å². The standard InChI is InChI=1S/C23H18BrNO4/c1-2-29-19(27)14-13-18(26)22-23(28)20(24)17-10-6-9-16(21(17)25-22)12-11-15-7-4-3-5-8-15/h3-10,28H,2,13-14H2,1H3. The number of rotatable bonds is 5. The normalized spacial score (nSPS) is 10.3. The summed E-state index contributed by atoms with van der Waals surface area (Å²) < 4.78 is 5.21. The van der Waals surface area contributed by atoms with Gasteiger partial charge in [-0.3, -0.25) is 9.59 Å². The third-order valence-electron chi connectivity index (χ3n) is 4.17. The fourth-order valence-electron chi connectivity index (χ4n) is 2.76. The molecule has 0 bridgehead atoms. The Labute approximate surface area is 176 Å². The monoisotopic (exact) mass is 451 g/mol. The van der Waals surface area contributed by atoms with Gasteiger partial charge < -0.3 is 9.84 Å². The predicted molar refractivity (Wildman–Crippen MR) is 114 cm³/mol. The number of benzene rings is 2. The molecule has 0 amide bonds. The van der Waals surface area contributed by atoms with Gasteiger partial charge in [-0.15, -0.1) is 0 Å².